The van der Waals surface area contributed by atoms with Crippen molar-refractivity contribution in [2.24, 2.45) is 0 Å². The summed E-state index contributed by atoms with van der Waals surface area (Å²) in [6, 6.07) is 21.1. The number of sulfonamides is 1. The van der Waals surface area contributed by atoms with Crippen LogP contribution in [0, 0.1) is 13.8 Å². The van der Waals surface area contributed by atoms with Crippen molar-refractivity contribution in [2.75, 3.05) is 20.8 Å². The molecule has 0 aliphatic rings. The number of nitrogens with one attached hydrogen (secondary N) is 1. The quantitative estimate of drug-likeness (QED) is 0.316. The van der Waals surface area contributed by atoms with Crippen molar-refractivity contribution in [1.29, 1.82) is 0 Å². The van der Waals surface area contributed by atoms with Crippen LogP contribution in [0.2, 0.25) is 0 Å². The second-order valence-electron chi connectivity index (χ2n) is 8.56. The monoisotopic (exact) mass is 556 g/mol. The molecule has 1 heterocycles. The van der Waals surface area contributed by atoms with Crippen LogP contribution in [0.1, 0.15) is 17.0 Å². The summed E-state index contributed by atoms with van der Waals surface area (Å²) in [5.41, 5.74) is 6.14. The molecule has 39 heavy (non-hydrogen) atoms. The third-order valence-corrected chi connectivity index (χ3v) is 7.34. The molecule has 198 valence electrons. The number of aromatic nitrogens is 2. The van der Waals surface area contributed by atoms with E-state index in [0.29, 0.717) is 12.2 Å². The molecule has 0 bridgehead atoms. The number of hydrogen-bond acceptors (Lipinski definition) is 6. The molecular formula is C28H29N4NaO5S. The number of hydrogen-bond donors (Lipinski definition) is 1. The van der Waals surface area contributed by atoms with Gasteiger partial charge in [-0.15, -0.1) is 0 Å². The van der Waals surface area contributed by atoms with E-state index in [1.807, 2.05) is 61.0 Å². The van der Waals surface area contributed by atoms with Gasteiger partial charge in [-0.3, -0.25) is 4.79 Å². The number of benzene rings is 3. The summed E-state index contributed by atoms with van der Waals surface area (Å²) in [5.74, 6) is 0.598. The largest absolute Gasteiger partial charge is 1.00 e. The van der Waals surface area contributed by atoms with E-state index in [9.17, 15) is 13.2 Å². The van der Waals surface area contributed by atoms with E-state index >= 15 is 0 Å². The van der Waals surface area contributed by atoms with Crippen LogP contribution < -0.4 is 44.3 Å². The number of ether oxygens (including phenoxy) is 2. The predicted molar refractivity (Wildman–Crippen MR) is 146 cm³/mol. The molecule has 11 heteroatoms. The number of urea groups is 1. The van der Waals surface area contributed by atoms with Gasteiger partial charge in [0.05, 0.1) is 30.5 Å². The number of amides is 2. The second kappa shape index (κ2) is 13.2. The van der Waals surface area contributed by atoms with Crippen molar-refractivity contribution in [2.45, 2.75) is 25.2 Å². The zero-order valence-electron chi connectivity index (χ0n) is 22.6. The first-order valence-electron chi connectivity index (χ1n) is 11.9. The minimum atomic E-state index is -4.21. The van der Waals surface area contributed by atoms with Gasteiger partial charge in [0.2, 0.25) is 10.0 Å². The van der Waals surface area contributed by atoms with Crippen LogP contribution in [0.5, 0.6) is 11.5 Å². The Bertz CT molecular complexity index is 1540. The Hall–Kier alpha value is -3.31. The molecule has 0 fully saturated rings. The smallest absolute Gasteiger partial charge is 0.493 e. The minimum absolute atomic E-state index is 0. The van der Waals surface area contributed by atoms with Crippen molar-refractivity contribution >= 4 is 16.1 Å². The molecular weight excluding hydrogens is 527 g/mol. The van der Waals surface area contributed by atoms with Gasteiger partial charge >= 0.3 is 29.6 Å². The number of carbonyl (C=O) groups excluding carboxylic acids is 1. The summed E-state index contributed by atoms with van der Waals surface area (Å²) in [4.78, 5) is 12.0. The van der Waals surface area contributed by atoms with Gasteiger partial charge in [-0.2, -0.15) is 5.10 Å². The fourth-order valence-corrected chi connectivity index (χ4v) is 5.09. The first-order valence-corrected chi connectivity index (χ1v) is 13.4. The van der Waals surface area contributed by atoms with Gasteiger partial charge in [-0.1, -0.05) is 42.5 Å². The molecule has 2 amide bonds. The Morgan fingerprint density at radius 3 is 2.26 bits per heavy atom. The third-order valence-electron chi connectivity index (χ3n) is 6.08. The average molecular weight is 557 g/mol. The molecule has 4 rings (SSSR count). The number of nitrogens with zero attached hydrogens (tertiary/aromatic N) is 3. The van der Waals surface area contributed by atoms with Crippen LogP contribution in [0.3, 0.4) is 0 Å². The average Bonchev–Trinajstić information content (AvgIpc) is 3.22. The normalized spacial score (nSPS) is 10.9. The summed E-state index contributed by atoms with van der Waals surface area (Å²) in [6.45, 7) is 4.27. The van der Waals surface area contributed by atoms with Crippen LogP contribution in [-0.4, -0.2) is 45.0 Å². The van der Waals surface area contributed by atoms with Crippen LogP contribution in [0.25, 0.3) is 21.5 Å². The van der Waals surface area contributed by atoms with Gasteiger partial charge in [0.1, 0.15) is 0 Å². The zero-order valence-corrected chi connectivity index (χ0v) is 25.5. The van der Waals surface area contributed by atoms with Gasteiger partial charge in [0.15, 0.2) is 17.5 Å². The van der Waals surface area contributed by atoms with Crippen molar-refractivity contribution in [1.82, 2.24) is 15.1 Å². The maximum atomic E-state index is 12.5. The summed E-state index contributed by atoms with van der Waals surface area (Å²) < 4.78 is 40.6. The van der Waals surface area contributed by atoms with E-state index in [0.717, 1.165) is 33.8 Å². The van der Waals surface area contributed by atoms with Crippen LogP contribution in [0.4, 0.5) is 4.79 Å². The van der Waals surface area contributed by atoms with Crippen molar-refractivity contribution < 1.29 is 52.2 Å². The van der Waals surface area contributed by atoms with Crippen molar-refractivity contribution in [3.8, 4) is 28.3 Å². The fourth-order valence-electron chi connectivity index (χ4n) is 4.21. The first kappa shape index (κ1) is 30.2. The summed E-state index contributed by atoms with van der Waals surface area (Å²) in [5, 5.41) is 7.26. The molecule has 1 N–H and O–H groups in total. The summed E-state index contributed by atoms with van der Waals surface area (Å²) in [7, 11) is -1.37. The number of carbonyl (C=O) groups is 1. The first-order chi connectivity index (χ1) is 18.2. The zero-order chi connectivity index (χ0) is 27.3. The second-order valence-corrected chi connectivity index (χ2v) is 10.2. The topological polar surface area (TPSA) is 114 Å². The summed E-state index contributed by atoms with van der Waals surface area (Å²) in [6.07, 6.45) is 0.504. The van der Waals surface area contributed by atoms with E-state index in [1.54, 1.807) is 0 Å². The Morgan fingerprint density at radius 1 is 0.949 bits per heavy atom. The van der Waals surface area contributed by atoms with E-state index in [1.165, 1.54) is 32.4 Å². The number of rotatable bonds is 9. The molecule has 0 atom stereocenters. The van der Waals surface area contributed by atoms with E-state index < -0.39 is 16.1 Å². The van der Waals surface area contributed by atoms with E-state index in [-0.39, 0.29) is 46.7 Å². The molecule has 0 unspecified atom stereocenters. The van der Waals surface area contributed by atoms with Crippen molar-refractivity contribution in [3.63, 3.8) is 0 Å². The molecule has 0 aliphatic carbocycles. The van der Waals surface area contributed by atoms with Crippen LogP contribution in [-0.2, 0) is 16.4 Å². The molecule has 1 aromatic heterocycles. The molecule has 0 aliphatic heterocycles. The number of methoxy groups -OCH3 is 2. The Morgan fingerprint density at radius 2 is 1.62 bits per heavy atom. The number of aryl methyl sites for hydroxylation is 1. The standard InChI is InChI=1S/C28H30N4O5S.Na/c1-19-27(22-8-6-5-7-9-22)20(2)32(30-19)23-12-10-21(11-13-23)16-17-29-28(33)31-38(34,35)24-14-15-25(36-3)26(18-24)37-4;/h5-15,18H,16-17H2,1-4H3,(H2,29,31,33);/q;+1/p-1. The van der Waals surface area contributed by atoms with Gasteiger partial charge in [-0.25, -0.2) is 13.1 Å². The third kappa shape index (κ3) is 7.02. The SMILES string of the molecule is COc1ccc(S(=O)(=O)[N-]C(=O)NCCc2ccc(-n3nc(C)c(-c4ccccc4)c3C)cc2)cc1OC.[Na+]. The molecule has 4 aromatic rings. The Kier molecular flexibility index (Phi) is 10.2. The molecule has 0 radical (unpaired) electrons. The van der Waals surface area contributed by atoms with Crippen LogP contribution >= 0.6 is 0 Å². The van der Waals surface area contributed by atoms with Gasteiger partial charge in [0, 0.05) is 17.3 Å². The predicted octanol–water partition coefficient (Wildman–Crippen LogP) is 2.19. The van der Waals surface area contributed by atoms with Crippen molar-refractivity contribution in [3.05, 3.63) is 94.5 Å². The van der Waals surface area contributed by atoms with Gasteiger partial charge in [-0.05, 0) is 62.2 Å². The molecule has 0 saturated carbocycles. The molecule has 3 aromatic carbocycles. The summed E-state index contributed by atoms with van der Waals surface area (Å²) >= 11 is 0. The maximum Gasteiger partial charge on any atom is 1.00 e. The maximum absolute atomic E-state index is 12.5. The molecule has 0 saturated heterocycles. The molecule has 0 spiro atoms. The van der Waals surface area contributed by atoms with Gasteiger partial charge < -0.3 is 19.5 Å². The fraction of sp³-hybridized carbons (Fsp3) is 0.214. The van der Waals surface area contributed by atoms with E-state index in [4.69, 9.17) is 14.6 Å². The minimum Gasteiger partial charge on any atom is -0.493 e. The Labute approximate surface area is 250 Å². The van der Waals surface area contributed by atoms with Crippen LogP contribution in [0.15, 0.2) is 77.7 Å². The Balaban J connectivity index is 0.00000420. The van der Waals surface area contributed by atoms with E-state index in [2.05, 4.69) is 22.2 Å². The van der Waals surface area contributed by atoms with Gasteiger partial charge in [0.25, 0.3) is 0 Å². The molecule has 9 nitrogen and oxygen atoms in total.